The van der Waals surface area contributed by atoms with Gasteiger partial charge in [0.15, 0.2) is 5.01 Å². The van der Waals surface area contributed by atoms with E-state index in [4.69, 9.17) is 0 Å². The Morgan fingerprint density at radius 2 is 2.24 bits per heavy atom. The maximum Gasteiger partial charge on any atom is 0.287 e. The predicted molar refractivity (Wildman–Crippen MR) is 68.6 cm³/mol. The number of aryl methyl sites for hydroxylation is 1. The van der Waals surface area contributed by atoms with Crippen molar-refractivity contribution in [2.24, 2.45) is 0 Å². The third kappa shape index (κ3) is 1.85. The van der Waals surface area contributed by atoms with E-state index in [0.717, 1.165) is 25.1 Å². The summed E-state index contributed by atoms with van der Waals surface area (Å²) in [5.41, 5.74) is 2.29. The molecule has 0 unspecified atom stereocenters. The van der Waals surface area contributed by atoms with Gasteiger partial charge in [-0.2, -0.15) is 0 Å². The Balaban J connectivity index is 1.98. The Labute approximate surface area is 104 Å². The van der Waals surface area contributed by atoms with Crippen LogP contribution in [0.1, 0.15) is 21.8 Å². The second-order valence-corrected chi connectivity index (χ2v) is 4.92. The number of carbonyl (C=O) groups excluding carboxylic acids is 1. The van der Waals surface area contributed by atoms with Gasteiger partial charge < -0.3 is 4.90 Å². The fourth-order valence-corrected chi connectivity index (χ4v) is 2.77. The topological polar surface area (TPSA) is 33.2 Å². The average Bonchev–Trinajstić information content (AvgIpc) is 2.91. The van der Waals surface area contributed by atoms with Gasteiger partial charge in [-0.15, -0.1) is 11.3 Å². The molecule has 0 bridgehead atoms. The minimum absolute atomic E-state index is 0.0205. The quantitative estimate of drug-likeness (QED) is 0.772. The van der Waals surface area contributed by atoms with Crippen LogP contribution in [0.2, 0.25) is 0 Å². The summed E-state index contributed by atoms with van der Waals surface area (Å²) < 4.78 is 0. The molecule has 3 nitrogen and oxygen atoms in total. The predicted octanol–water partition coefficient (Wildman–Crippen LogP) is 2.74. The first kappa shape index (κ1) is 10.5. The number of thiazole rings is 1. The van der Waals surface area contributed by atoms with Crippen LogP contribution in [0.5, 0.6) is 0 Å². The zero-order valence-electron chi connectivity index (χ0n) is 9.30. The number of amides is 1. The highest BCUT2D eigenvalue weighted by Crippen LogP contribution is 2.28. The summed E-state index contributed by atoms with van der Waals surface area (Å²) in [4.78, 5) is 18.2. The van der Waals surface area contributed by atoms with E-state index in [1.54, 1.807) is 6.20 Å². The highest BCUT2D eigenvalue weighted by molar-refractivity contribution is 7.11. The number of rotatable bonds is 1. The van der Waals surface area contributed by atoms with Gasteiger partial charge in [-0.1, -0.05) is 18.2 Å². The highest BCUT2D eigenvalue weighted by Gasteiger charge is 2.24. The van der Waals surface area contributed by atoms with Gasteiger partial charge in [0.05, 0.1) is 0 Å². The monoisotopic (exact) mass is 244 g/mol. The lowest BCUT2D eigenvalue weighted by atomic mass is 10.0. The molecule has 0 saturated heterocycles. The van der Waals surface area contributed by atoms with Gasteiger partial charge in [-0.3, -0.25) is 4.79 Å². The summed E-state index contributed by atoms with van der Waals surface area (Å²) in [6, 6.07) is 8.11. The molecule has 1 aliphatic rings. The van der Waals surface area contributed by atoms with E-state index in [9.17, 15) is 4.79 Å². The second kappa shape index (κ2) is 4.30. The zero-order valence-corrected chi connectivity index (χ0v) is 10.1. The van der Waals surface area contributed by atoms with Crippen molar-refractivity contribution in [3.8, 4) is 0 Å². The molecule has 0 spiro atoms. The fourth-order valence-electron chi connectivity index (χ4n) is 2.19. The van der Waals surface area contributed by atoms with Crippen LogP contribution in [0.4, 0.5) is 5.69 Å². The van der Waals surface area contributed by atoms with Crippen molar-refractivity contribution in [1.29, 1.82) is 0 Å². The number of hydrogen-bond acceptors (Lipinski definition) is 3. The normalized spacial score (nSPS) is 14.5. The number of para-hydroxylation sites is 1. The van der Waals surface area contributed by atoms with Crippen molar-refractivity contribution >= 4 is 22.9 Å². The summed E-state index contributed by atoms with van der Waals surface area (Å²) >= 11 is 1.40. The molecule has 2 heterocycles. The summed E-state index contributed by atoms with van der Waals surface area (Å²) in [7, 11) is 0. The van der Waals surface area contributed by atoms with Gasteiger partial charge >= 0.3 is 0 Å². The lowest BCUT2D eigenvalue weighted by Crippen LogP contribution is -2.35. The van der Waals surface area contributed by atoms with Gasteiger partial charge in [-0.25, -0.2) is 4.98 Å². The molecule has 1 aromatic heterocycles. The molecule has 1 amide bonds. The summed E-state index contributed by atoms with van der Waals surface area (Å²) in [6.07, 6.45) is 3.75. The lowest BCUT2D eigenvalue weighted by molar-refractivity contribution is 0.0985. The molecule has 17 heavy (non-hydrogen) atoms. The maximum atomic E-state index is 12.3. The number of benzene rings is 1. The van der Waals surface area contributed by atoms with Crippen molar-refractivity contribution in [3.05, 3.63) is 46.4 Å². The average molecular weight is 244 g/mol. The number of aromatic nitrogens is 1. The summed E-state index contributed by atoms with van der Waals surface area (Å²) in [6.45, 7) is 0.787. The first-order valence-electron chi connectivity index (χ1n) is 5.65. The number of fused-ring (bicyclic) bond motifs is 1. The van der Waals surface area contributed by atoms with Gasteiger partial charge in [0.1, 0.15) is 0 Å². The Hall–Kier alpha value is -1.68. The molecule has 3 rings (SSSR count). The lowest BCUT2D eigenvalue weighted by Gasteiger charge is -2.28. The Morgan fingerprint density at radius 3 is 3.06 bits per heavy atom. The zero-order chi connectivity index (χ0) is 11.7. The third-order valence-corrected chi connectivity index (χ3v) is 3.73. The van der Waals surface area contributed by atoms with Crippen LogP contribution in [0.25, 0.3) is 0 Å². The summed E-state index contributed by atoms with van der Waals surface area (Å²) in [5.74, 6) is 0.0205. The van der Waals surface area contributed by atoms with E-state index in [0.29, 0.717) is 5.01 Å². The van der Waals surface area contributed by atoms with Crippen LogP contribution in [-0.4, -0.2) is 17.4 Å². The number of hydrogen-bond donors (Lipinski definition) is 0. The molecular weight excluding hydrogens is 232 g/mol. The molecular formula is C13H12N2OS. The number of carbonyl (C=O) groups is 1. The minimum Gasteiger partial charge on any atom is -0.306 e. The van der Waals surface area contributed by atoms with Crippen LogP contribution >= 0.6 is 11.3 Å². The van der Waals surface area contributed by atoms with Gasteiger partial charge in [0.25, 0.3) is 5.91 Å². The van der Waals surface area contributed by atoms with E-state index >= 15 is 0 Å². The second-order valence-electron chi connectivity index (χ2n) is 4.03. The van der Waals surface area contributed by atoms with Crippen LogP contribution in [0.3, 0.4) is 0 Å². The Kier molecular flexibility index (Phi) is 2.65. The molecule has 0 N–H and O–H groups in total. The number of nitrogens with zero attached hydrogens (tertiary/aromatic N) is 2. The Morgan fingerprint density at radius 1 is 1.35 bits per heavy atom. The van der Waals surface area contributed by atoms with Gasteiger partial charge in [0, 0.05) is 23.8 Å². The van der Waals surface area contributed by atoms with E-state index < -0.39 is 0 Å². The van der Waals surface area contributed by atoms with Gasteiger partial charge in [0.2, 0.25) is 0 Å². The highest BCUT2D eigenvalue weighted by atomic mass is 32.1. The molecule has 1 aliphatic heterocycles. The van der Waals surface area contributed by atoms with E-state index in [1.807, 2.05) is 28.5 Å². The first-order chi connectivity index (χ1) is 8.36. The molecule has 0 fully saturated rings. The van der Waals surface area contributed by atoms with Crippen molar-refractivity contribution < 1.29 is 4.79 Å². The molecule has 0 aliphatic carbocycles. The largest absolute Gasteiger partial charge is 0.306 e. The maximum absolute atomic E-state index is 12.3. The van der Waals surface area contributed by atoms with Crippen LogP contribution < -0.4 is 4.90 Å². The molecule has 2 aromatic rings. The third-order valence-electron chi connectivity index (χ3n) is 2.97. The van der Waals surface area contributed by atoms with Crippen LogP contribution in [0.15, 0.2) is 35.8 Å². The van der Waals surface area contributed by atoms with Crippen LogP contribution in [-0.2, 0) is 6.42 Å². The van der Waals surface area contributed by atoms with Crippen molar-refractivity contribution in [2.45, 2.75) is 12.8 Å². The molecule has 1 aromatic carbocycles. The molecule has 86 valence electrons. The SMILES string of the molecule is O=C(c1nccs1)N1CCCc2ccccc21. The summed E-state index contributed by atoms with van der Waals surface area (Å²) in [5, 5.41) is 2.41. The van der Waals surface area contributed by atoms with Crippen LogP contribution in [0, 0.1) is 0 Å². The Bertz CT molecular complexity index is 536. The van der Waals surface area contributed by atoms with E-state index in [1.165, 1.54) is 16.9 Å². The molecule has 4 heteroatoms. The first-order valence-corrected chi connectivity index (χ1v) is 6.53. The van der Waals surface area contributed by atoms with E-state index in [2.05, 4.69) is 11.1 Å². The van der Waals surface area contributed by atoms with Crippen molar-refractivity contribution in [1.82, 2.24) is 4.98 Å². The standard InChI is InChI=1S/C13H12N2OS/c16-13(12-14-7-9-17-12)15-8-3-5-10-4-1-2-6-11(10)15/h1-2,4,6-7,9H,3,5,8H2. The van der Waals surface area contributed by atoms with Gasteiger partial charge in [-0.05, 0) is 24.5 Å². The smallest absolute Gasteiger partial charge is 0.287 e. The van der Waals surface area contributed by atoms with Crippen molar-refractivity contribution in [2.75, 3.05) is 11.4 Å². The van der Waals surface area contributed by atoms with E-state index in [-0.39, 0.29) is 5.91 Å². The molecule has 0 atom stereocenters. The minimum atomic E-state index is 0.0205. The molecule has 0 saturated carbocycles. The van der Waals surface area contributed by atoms with Crippen molar-refractivity contribution in [3.63, 3.8) is 0 Å². The molecule has 0 radical (unpaired) electrons. The number of anilines is 1. The fraction of sp³-hybridized carbons (Fsp3) is 0.231.